The van der Waals surface area contributed by atoms with Crippen molar-refractivity contribution < 1.29 is 0 Å². The van der Waals surface area contributed by atoms with Crippen molar-refractivity contribution in [1.82, 2.24) is 0 Å². The Kier molecular flexibility index (Phi) is 8.31. The number of hydrogen-bond acceptors (Lipinski definition) is 2. The second kappa shape index (κ2) is 11.2. The molecule has 0 bridgehead atoms. The highest BCUT2D eigenvalue weighted by Gasteiger charge is 1.99. The molecule has 0 aliphatic rings. The lowest BCUT2D eigenvalue weighted by atomic mass is 10.1. The van der Waals surface area contributed by atoms with Gasteiger partial charge in [0.1, 0.15) is 0 Å². The van der Waals surface area contributed by atoms with Crippen LogP contribution < -0.4 is 11.5 Å². The fourth-order valence-corrected chi connectivity index (χ4v) is 4.07. The third kappa shape index (κ3) is 6.87. The van der Waals surface area contributed by atoms with Crippen LogP contribution in [0.4, 0.5) is 0 Å². The zero-order valence-corrected chi connectivity index (χ0v) is 19.7. The number of rotatable bonds is 4. The van der Waals surface area contributed by atoms with Crippen molar-refractivity contribution in [3.8, 4) is 23.7 Å². The molecule has 2 nitrogen and oxygen atoms in total. The molecule has 4 N–H and O–H groups in total. The summed E-state index contributed by atoms with van der Waals surface area (Å²) in [5.41, 5.74) is 17.5. The van der Waals surface area contributed by atoms with Crippen LogP contribution in [-0.4, -0.2) is 13.1 Å². The van der Waals surface area contributed by atoms with Crippen LogP contribution >= 0.6 is 31.9 Å². The van der Waals surface area contributed by atoms with E-state index in [2.05, 4.69) is 79.8 Å². The normalized spacial score (nSPS) is 10.0. The van der Waals surface area contributed by atoms with Crippen LogP contribution in [0.3, 0.4) is 0 Å². The minimum absolute atomic E-state index is 0.625. The van der Waals surface area contributed by atoms with Crippen LogP contribution in [0.25, 0.3) is 0 Å². The Bertz CT molecular complexity index is 1050. The summed E-state index contributed by atoms with van der Waals surface area (Å²) >= 11 is 7.08. The smallest absolute Gasteiger partial charge is 0.0263 e. The fraction of sp³-hybridized carbons (Fsp3) is 0.154. The number of halogens is 2. The molecule has 0 saturated heterocycles. The van der Waals surface area contributed by atoms with E-state index in [1.54, 1.807) is 0 Å². The summed E-state index contributed by atoms with van der Waals surface area (Å²) < 4.78 is 2.04. The van der Waals surface area contributed by atoms with Gasteiger partial charge in [0.15, 0.2) is 0 Å². The molecular formula is C26H22Br2N2. The van der Waals surface area contributed by atoms with Crippen molar-refractivity contribution in [3.05, 3.63) is 103 Å². The van der Waals surface area contributed by atoms with Gasteiger partial charge in [-0.2, -0.15) is 0 Å². The first-order chi connectivity index (χ1) is 14.6. The number of hydrogen-bond donors (Lipinski definition) is 2. The first-order valence-corrected chi connectivity index (χ1v) is 11.3. The van der Waals surface area contributed by atoms with E-state index >= 15 is 0 Å². The predicted molar refractivity (Wildman–Crippen MR) is 132 cm³/mol. The Morgan fingerprint density at radius 2 is 0.900 bits per heavy atom. The fourth-order valence-electron chi connectivity index (χ4n) is 2.99. The predicted octanol–water partition coefficient (Wildman–Crippen LogP) is 5.01. The van der Waals surface area contributed by atoms with Gasteiger partial charge in [0.2, 0.25) is 0 Å². The summed E-state index contributed by atoms with van der Waals surface area (Å²) in [5.74, 6) is 12.9. The molecule has 4 heteroatoms. The topological polar surface area (TPSA) is 52.0 Å². The average molecular weight is 522 g/mol. The van der Waals surface area contributed by atoms with Gasteiger partial charge in [-0.3, -0.25) is 0 Å². The molecule has 0 heterocycles. The van der Waals surface area contributed by atoms with Gasteiger partial charge < -0.3 is 11.5 Å². The molecule has 150 valence electrons. The maximum Gasteiger partial charge on any atom is 0.0263 e. The van der Waals surface area contributed by atoms with Crippen molar-refractivity contribution in [2.75, 3.05) is 13.1 Å². The van der Waals surface area contributed by atoms with Crippen molar-refractivity contribution in [2.24, 2.45) is 11.5 Å². The van der Waals surface area contributed by atoms with Gasteiger partial charge in [-0.05, 0) is 97.7 Å². The summed E-state index contributed by atoms with van der Waals surface area (Å²) in [5, 5.41) is 0. The molecule has 0 amide bonds. The SMILES string of the molecule is NCCc1cc(Br)cc(C#Cc2ccc(C#Cc3cc(Br)cc(CCN)c3)cc2)c1. The lowest BCUT2D eigenvalue weighted by Gasteiger charge is -2.01. The van der Waals surface area contributed by atoms with Gasteiger partial charge in [0.05, 0.1) is 0 Å². The zero-order chi connectivity index (χ0) is 21.3. The van der Waals surface area contributed by atoms with E-state index in [0.717, 1.165) is 44.0 Å². The largest absolute Gasteiger partial charge is 0.330 e. The van der Waals surface area contributed by atoms with Crippen LogP contribution in [0.15, 0.2) is 69.6 Å². The van der Waals surface area contributed by atoms with Gasteiger partial charge in [-0.15, -0.1) is 0 Å². The molecule has 3 aromatic rings. The Hall–Kier alpha value is -2.34. The van der Waals surface area contributed by atoms with Gasteiger partial charge >= 0.3 is 0 Å². The highest BCUT2D eigenvalue weighted by Crippen LogP contribution is 2.17. The monoisotopic (exact) mass is 520 g/mol. The molecule has 0 unspecified atom stereocenters. The summed E-state index contributed by atoms with van der Waals surface area (Å²) in [6.07, 6.45) is 1.68. The molecular weight excluding hydrogens is 500 g/mol. The number of nitrogens with two attached hydrogens (primary N) is 2. The Morgan fingerprint density at radius 1 is 0.533 bits per heavy atom. The first kappa shape index (κ1) is 22.3. The highest BCUT2D eigenvalue weighted by atomic mass is 79.9. The Balaban J connectivity index is 1.75. The average Bonchev–Trinajstić information content (AvgIpc) is 2.71. The Labute approximate surface area is 195 Å². The lowest BCUT2D eigenvalue weighted by molar-refractivity contribution is 0.967. The van der Waals surface area contributed by atoms with E-state index < -0.39 is 0 Å². The minimum atomic E-state index is 0.625. The summed E-state index contributed by atoms with van der Waals surface area (Å²) in [4.78, 5) is 0. The van der Waals surface area contributed by atoms with Crippen LogP contribution in [0.2, 0.25) is 0 Å². The molecule has 0 aliphatic carbocycles. The summed E-state index contributed by atoms with van der Waals surface area (Å²) in [7, 11) is 0. The molecule has 0 atom stereocenters. The molecule has 0 aliphatic heterocycles. The van der Waals surface area contributed by atoms with Crippen molar-refractivity contribution in [2.45, 2.75) is 12.8 Å². The molecule has 30 heavy (non-hydrogen) atoms. The van der Waals surface area contributed by atoms with Gasteiger partial charge in [-0.25, -0.2) is 0 Å². The van der Waals surface area contributed by atoms with Crippen LogP contribution in [0.1, 0.15) is 33.4 Å². The van der Waals surface area contributed by atoms with Gasteiger partial charge in [0.25, 0.3) is 0 Å². The van der Waals surface area contributed by atoms with Crippen LogP contribution in [0, 0.1) is 23.7 Å². The molecule has 3 rings (SSSR count). The third-order valence-corrected chi connectivity index (χ3v) is 5.28. The molecule has 0 saturated carbocycles. The van der Waals surface area contributed by atoms with Crippen LogP contribution in [-0.2, 0) is 12.8 Å². The van der Waals surface area contributed by atoms with Crippen molar-refractivity contribution in [1.29, 1.82) is 0 Å². The Morgan fingerprint density at radius 3 is 1.27 bits per heavy atom. The lowest BCUT2D eigenvalue weighted by Crippen LogP contribution is -2.02. The quantitative estimate of drug-likeness (QED) is 0.474. The van der Waals surface area contributed by atoms with Crippen LogP contribution in [0.5, 0.6) is 0 Å². The summed E-state index contributed by atoms with van der Waals surface area (Å²) in [6, 6.07) is 20.3. The standard InChI is InChI=1S/C26H22Br2N2/c27-25-15-21(13-23(17-25)9-11-29)7-5-19-1-2-20(4-3-19)6-8-22-14-24(10-12-30)18-26(28)16-22/h1-4,13-18H,9-12,29-30H2. The van der Waals surface area contributed by atoms with Gasteiger partial charge in [0, 0.05) is 31.2 Å². The molecule has 0 aromatic heterocycles. The second-order valence-electron chi connectivity index (χ2n) is 6.85. The maximum atomic E-state index is 5.66. The molecule has 0 fully saturated rings. The van der Waals surface area contributed by atoms with E-state index in [9.17, 15) is 0 Å². The third-order valence-electron chi connectivity index (χ3n) is 4.37. The van der Waals surface area contributed by atoms with E-state index in [-0.39, 0.29) is 0 Å². The van der Waals surface area contributed by atoms with E-state index in [1.165, 1.54) is 11.1 Å². The minimum Gasteiger partial charge on any atom is -0.330 e. The van der Waals surface area contributed by atoms with Crippen molar-refractivity contribution >= 4 is 31.9 Å². The first-order valence-electron chi connectivity index (χ1n) is 9.69. The molecule has 3 aromatic carbocycles. The van der Waals surface area contributed by atoms with E-state index in [0.29, 0.717) is 13.1 Å². The van der Waals surface area contributed by atoms with E-state index in [4.69, 9.17) is 11.5 Å². The second-order valence-corrected chi connectivity index (χ2v) is 8.68. The number of benzene rings is 3. The summed E-state index contributed by atoms with van der Waals surface area (Å²) in [6.45, 7) is 1.25. The maximum absolute atomic E-state index is 5.66. The highest BCUT2D eigenvalue weighted by molar-refractivity contribution is 9.10. The molecule has 0 spiro atoms. The zero-order valence-electron chi connectivity index (χ0n) is 16.5. The van der Waals surface area contributed by atoms with Gasteiger partial charge in [-0.1, -0.05) is 55.5 Å². The van der Waals surface area contributed by atoms with E-state index in [1.807, 2.05) is 36.4 Å². The molecule has 0 radical (unpaired) electrons. The van der Waals surface area contributed by atoms with Crippen molar-refractivity contribution in [3.63, 3.8) is 0 Å².